The molecule has 0 aromatic heterocycles. The average Bonchev–Trinajstić information content (AvgIpc) is 2.35. The highest BCUT2D eigenvalue weighted by atomic mass is 16.4. The molecular formula is C14H16N2O4. The first-order valence-corrected chi connectivity index (χ1v) is 6.38. The number of carbonyl (C=O) groups is 3. The molecule has 1 aliphatic carbocycles. The van der Waals surface area contributed by atoms with Gasteiger partial charge in [-0.2, -0.15) is 0 Å². The Balaban J connectivity index is 1.96. The van der Waals surface area contributed by atoms with Crippen molar-refractivity contribution in [3.8, 4) is 0 Å². The minimum Gasteiger partial charge on any atom is -0.480 e. The fraction of sp³-hybridized carbons (Fsp3) is 0.357. The second-order valence-electron chi connectivity index (χ2n) is 4.86. The van der Waals surface area contributed by atoms with E-state index in [9.17, 15) is 14.4 Å². The first kappa shape index (κ1) is 14.0. The minimum atomic E-state index is -1.16. The van der Waals surface area contributed by atoms with Crippen molar-refractivity contribution in [2.24, 2.45) is 5.73 Å². The van der Waals surface area contributed by atoms with Crippen LogP contribution in [0.25, 0.3) is 0 Å². The summed E-state index contributed by atoms with van der Waals surface area (Å²) < 4.78 is 0. The van der Waals surface area contributed by atoms with Gasteiger partial charge >= 0.3 is 5.97 Å². The molecule has 1 aromatic rings. The second kappa shape index (κ2) is 5.73. The summed E-state index contributed by atoms with van der Waals surface area (Å²) in [6.45, 7) is 0. The number of amides is 2. The summed E-state index contributed by atoms with van der Waals surface area (Å²) in [5, 5.41) is 11.5. The lowest BCUT2D eigenvalue weighted by Gasteiger charge is -2.30. The van der Waals surface area contributed by atoms with Crippen LogP contribution in [0.1, 0.15) is 29.9 Å². The van der Waals surface area contributed by atoms with Crippen molar-refractivity contribution in [3.05, 3.63) is 35.4 Å². The summed E-state index contributed by atoms with van der Waals surface area (Å²) in [6.07, 6.45) is 0.549. The average molecular weight is 276 g/mol. The summed E-state index contributed by atoms with van der Waals surface area (Å²) >= 11 is 0. The van der Waals surface area contributed by atoms with Gasteiger partial charge in [-0.1, -0.05) is 24.3 Å². The smallest absolute Gasteiger partial charge is 0.326 e. The zero-order valence-electron chi connectivity index (χ0n) is 10.8. The van der Waals surface area contributed by atoms with Crippen molar-refractivity contribution < 1.29 is 19.5 Å². The quantitative estimate of drug-likeness (QED) is 0.687. The van der Waals surface area contributed by atoms with E-state index in [1.165, 1.54) is 0 Å². The van der Waals surface area contributed by atoms with Crippen molar-refractivity contribution in [2.45, 2.75) is 31.2 Å². The summed E-state index contributed by atoms with van der Waals surface area (Å²) in [4.78, 5) is 33.8. The van der Waals surface area contributed by atoms with E-state index in [-0.39, 0.29) is 24.7 Å². The maximum atomic E-state index is 12.1. The molecule has 1 aliphatic rings. The third kappa shape index (κ3) is 2.96. The lowest BCUT2D eigenvalue weighted by atomic mass is 9.77. The van der Waals surface area contributed by atoms with E-state index in [1.807, 2.05) is 24.3 Å². The number of benzene rings is 1. The molecule has 0 radical (unpaired) electrons. The lowest BCUT2D eigenvalue weighted by Crippen LogP contribution is -2.45. The number of aliphatic carboxylic acids is 1. The Bertz CT molecular complexity index is 556. The highest BCUT2D eigenvalue weighted by Crippen LogP contribution is 2.34. The van der Waals surface area contributed by atoms with E-state index in [2.05, 4.69) is 5.32 Å². The zero-order chi connectivity index (χ0) is 14.7. The molecule has 106 valence electrons. The number of hydrogen-bond acceptors (Lipinski definition) is 3. The van der Waals surface area contributed by atoms with Crippen molar-refractivity contribution in [1.29, 1.82) is 0 Å². The number of fused-ring (bicyclic) bond motifs is 1. The topological polar surface area (TPSA) is 109 Å². The Kier molecular flexibility index (Phi) is 4.02. The number of primary amides is 1. The molecule has 2 rings (SSSR count). The van der Waals surface area contributed by atoms with Crippen LogP contribution in [-0.2, 0) is 20.8 Å². The molecule has 2 atom stereocenters. The van der Waals surface area contributed by atoms with Gasteiger partial charge in [-0.05, 0) is 24.0 Å². The number of rotatable bonds is 6. The molecular weight excluding hydrogens is 260 g/mol. The molecule has 0 aliphatic heterocycles. The third-order valence-corrected chi connectivity index (χ3v) is 3.47. The SMILES string of the molecule is NC(=O)CC[C@@H](NC(=O)C1Cc2ccccc21)C(=O)O. The molecule has 0 saturated carbocycles. The van der Waals surface area contributed by atoms with Gasteiger partial charge in [0.2, 0.25) is 11.8 Å². The van der Waals surface area contributed by atoms with E-state index < -0.39 is 17.9 Å². The van der Waals surface area contributed by atoms with E-state index in [1.54, 1.807) is 0 Å². The Hall–Kier alpha value is -2.37. The molecule has 0 bridgehead atoms. The number of carboxylic acid groups (broad SMARTS) is 1. The van der Waals surface area contributed by atoms with Crippen LogP contribution >= 0.6 is 0 Å². The number of hydrogen-bond donors (Lipinski definition) is 3. The molecule has 0 heterocycles. The third-order valence-electron chi connectivity index (χ3n) is 3.47. The zero-order valence-corrected chi connectivity index (χ0v) is 10.8. The van der Waals surface area contributed by atoms with Gasteiger partial charge in [0.15, 0.2) is 0 Å². The van der Waals surface area contributed by atoms with E-state index in [0.717, 1.165) is 11.1 Å². The maximum absolute atomic E-state index is 12.1. The summed E-state index contributed by atoms with van der Waals surface area (Å²) in [6, 6.07) is 6.48. The number of nitrogens with one attached hydrogen (secondary N) is 1. The lowest BCUT2D eigenvalue weighted by molar-refractivity contribution is -0.142. The first-order valence-electron chi connectivity index (χ1n) is 6.38. The molecule has 0 spiro atoms. The number of carboxylic acids is 1. The molecule has 20 heavy (non-hydrogen) atoms. The van der Waals surface area contributed by atoms with E-state index in [4.69, 9.17) is 10.8 Å². The predicted molar refractivity (Wildman–Crippen MR) is 70.9 cm³/mol. The van der Waals surface area contributed by atoms with Crippen LogP contribution in [0.4, 0.5) is 0 Å². The van der Waals surface area contributed by atoms with Crippen molar-refractivity contribution in [1.82, 2.24) is 5.32 Å². The van der Waals surface area contributed by atoms with Crippen LogP contribution in [-0.4, -0.2) is 28.9 Å². The number of nitrogens with two attached hydrogens (primary N) is 1. The maximum Gasteiger partial charge on any atom is 0.326 e. The van der Waals surface area contributed by atoms with Gasteiger partial charge in [0, 0.05) is 6.42 Å². The molecule has 2 amide bonds. The molecule has 6 nitrogen and oxygen atoms in total. The Morgan fingerprint density at radius 1 is 1.35 bits per heavy atom. The molecule has 6 heteroatoms. The van der Waals surface area contributed by atoms with Gasteiger partial charge in [0.05, 0.1) is 5.92 Å². The molecule has 0 fully saturated rings. The summed E-state index contributed by atoms with van der Waals surface area (Å²) in [5.74, 6) is -2.37. The summed E-state index contributed by atoms with van der Waals surface area (Å²) in [7, 11) is 0. The highest BCUT2D eigenvalue weighted by molar-refractivity contribution is 5.90. The Morgan fingerprint density at radius 3 is 2.65 bits per heavy atom. The fourth-order valence-corrected chi connectivity index (χ4v) is 2.31. The highest BCUT2D eigenvalue weighted by Gasteiger charge is 2.33. The van der Waals surface area contributed by atoms with Crippen molar-refractivity contribution in [2.75, 3.05) is 0 Å². The van der Waals surface area contributed by atoms with Crippen LogP contribution in [0.15, 0.2) is 24.3 Å². The van der Waals surface area contributed by atoms with Gasteiger partial charge in [-0.3, -0.25) is 9.59 Å². The molecule has 1 unspecified atom stereocenters. The van der Waals surface area contributed by atoms with Gasteiger partial charge in [0.25, 0.3) is 0 Å². The van der Waals surface area contributed by atoms with Crippen molar-refractivity contribution >= 4 is 17.8 Å². The predicted octanol–water partition coefficient (Wildman–Crippen LogP) is 0.161. The fourth-order valence-electron chi connectivity index (χ4n) is 2.31. The van der Waals surface area contributed by atoms with Crippen LogP contribution in [0.3, 0.4) is 0 Å². The largest absolute Gasteiger partial charge is 0.480 e. The van der Waals surface area contributed by atoms with E-state index >= 15 is 0 Å². The number of carbonyl (C=O) groups excluding carboxylic acids is 2. The van der Waals surface area contributed by atoms with Gasteiger partial charge in [-0.25, -0.2) is 4.79 Å². The molecule has 1 aromatic carbocycles. The standard InChI is InChI=1S/C14H16N2O4/c15-12(17)6-5-11(14(19)20)16-13(18)10-7-8-3-1-2-4-9(8)10/h1-4,10-11H,5-7H2,(H2,15,17)(H,16,18)(H,19,20)/t10?,11-/m1/s1. The normalized spacial score (nSPS) is 17.5. The van der Waals surface area contributed by atoms with Crippen LogP contribution < -0.4 is 11.1 Å². The summed E-state index contributed by atoms with van der Waals surface area (Å²) in [5.41, 5.74) is 7.03. The molecule has 4 N–H and O–H groups in total. The van der Waals surface area contributed by atoms with Gasteiger partial charge in [-0.15, -0.1) is 0 Å². The van der Waals surface area contributed by atoms with Crippen LogP contribution in [0.2, 0.25) is 0 Å². The van der Waals surface area contributed by atoms with Gasteiger partial charge in [0.1, 0.15) is 6.04 Å². The van der Waals surface area contributed by atoms with Crippen molar-refractivity contribution in [3.63, 3.8) is 0 Å². The Morgan fingerprint density at radius 2 is 2.05 bits per heavy atom. The Labute approximate surface area is 116 Å². The second-order valence-corrected chi connectivity index (χ2v) is 4.86. The first-order chi connectivity index (χ1) is 9.49. The molecule has 0 saturated heterocycles. The van der Waals surface area contributed by atoms with Gasteiger partial charge < -0.3 is 16.2 Å². The monoisotopic (exact) mass is 276 g/mol. The van der Waals surface area contributed by atoms with Crippen LogP contribution in [0.5, 0.6) is 0 Å². The minimum absolute atomic E-state index is 0.00474. The van der Waals surface area contributed by atoms with Crippen LogP contribution in [0, 0.1) is 0 Å². The van der Waals surface area contributed by atoms with E-state index in [0.29, 0.717) is 6.42 Å².